The van der Waals surface area contributed by atoms with Gasteiger partial charge in [0.25, 0.3) is 0 Å². The highest BCUT2D eigenvalue weighted by molar-refractivity contribution is 6.39. The second-order valence-electron chi connectivity index (χ2n) is 5.32. The van der Waals surface area contributed by atoms with Gasteiger partial charge in [-0.3, -0.25) is 9.59 Å². The maximum absolute atomic E-state index is 12.2. The van der Waals surface area contributed by atoms with Crippen molar-refractivity contribution < 1.29 is 9.59 Å². The molecule has 0 unspecified atom stereocenters. The van der Waals surface area contributed by atoms with Gasteiger partial charge in [0.2, 0.25) is 0 Å². The van der Waals surface area contributed by atoms with Crippen LogP contribution in [0.1, 0.15) is 37.7 Å². The Balaban J connectivity index is 2.02. The lowest BCUT2D eigenvalue weighted by Crippen LogP contribution is -2.44. The number of nitrogens with zero attached hydrogens (tertiary/aromatic N) is 2. The first-order chi connectivity index (χ1) is 10.1. The van der Waals surface area contributed by atoms with Crippen molar-refractivity contribution in [2.45, 2.75) is 38.1 Å². The zero-order chi connectivity index (χ0) is 15.2. The molecule has 1 aromatic rings. The van der Waals surface area contributed by atoms with Gasteiger partial charge in [-0.1, -0.05) is 31.4 Å². The largest absolute Gasteiger partial charge is 0.335 e. The Hall–Kier alpha value is -2.35. The molecule has 0 radical (unpaired) electrons. The molecule has 0 aliphatic heterocycles. The lowest BCUT2D eigenvalue weighted by Gasteiger charge is -2.30. The summed E-state index contributed by atoms with van der Waals surface area (Å²) in [7, 11) is 1.67. The second kappa shape index (κ2) is 6.89. The fourth-order valence-corrected chi connectivity index (χ4v) is 2.66. The molecule has 1 saturated carbocycles. The maximum atomic E-state index is 12.2. The molecule has 0 heterocycles. The van der Waals surface area contributed by atoms with Crippen LogP contribution in [0, 0.1) is 11.3 Å². The van der Waals surface area contributed by atoms with Crippen LogP contribution >= 0.6 is 0 Å². The average Bonchev–Trinajstić information content (AvgIpc) is 2.54. The molecule has 0 spiro atoms. The normalized spacial score (nSPS) is 15.0. The molecule has 1 fully saturated rings. The molecule has 0 bridgehead atoms. The van der Waals surface area contributed by atoms with Gasteiger partial charge in [0, 0.05) is 13.1 Å². The third-order valence-electron chi connectivity index (χ3n) is 3.93. The number of nitriles is 1. The summed E-state index contributed by atoms with van der Waals surface area (Å²) in [5.74, 6) is -1.24. The molecule has 1 N–H and O–H groups in total. The number of carbonyl (C=O) groups excluding carboxylic acids is 2. The molecule has 0 atom stereocenters. The highest BCUT2D eigenvalue weighted by atomic mass is 16.2. The highest BCUT2D eigenvalue weighted by Gasteiger charge is 2.26. The maximum Gasteiger partial charge on any atom is 0.313 e. The number of likely N-dealkylation sites (N-methyl/N-ethyl adjacent to an activating group) is 1. The van der Waals surface area contributed by atoms with Crippen molar-refractivity contribution in [2.75, 3.05) is 12.4 Å². The number of hydrogen-bond acceptors (Lipinski definition) is 3. The average molecular weight is 285 g/mol. The fraction of sp³-hybridized carbons (Fsp3) is 0.438. The van der Waals surface area contributed by atoms with Gasteiger partial charge in [0.15, 0.2) is 0 Å². The lowest BCUT2D eigenvalue weighted by molar-refractivity contribution is -0.144. The van der Waals surface area contributed by atoms with E-state index in [1.807, 2.05) is 6.07 Å². The van der Waals surface area contributed by atoms with E-state index in [-0.39, 0.29) is 6.04 Å². The highest BCUT2D eigenvalue weighted by Crippen LogP contribution is 2.22. The van der Waals surface area contributed by atoms with E-state index < -0.39 is 11.8 Å². The quantitative estimate of drug-likeness (QED) is 0.847. The van der Waals surface area contributed by atoms with Crippen molar-refractivity contribution in [3.63, 3.8) is 0 Å². The second-order valence-corrected chi connectivity index (χ2v) is 5.32. The molecule has 5 heteroatoms. The summed E-state index contributed by atoms with van der Waals surface area (Å²) < 4.78 is 0. The van der Waals surface area contributed by atoms with Crippen LogP contribution in [-0.4, -0.2) is 29.8 Å². The van der Waals surface area contributed by atoms with Gasteiger partial charge in [0.05, 0.1) is 11.3 Å². The molecule has 1 aliphatic rings. The first kappa shape index (κ1) is 15.0. The monoisotopic (exact) mass is 285 g/mol. The molecule has 1 aromatic carbocycles. The molecular weight excluding hydrogens is 266 g/mol. The molecule has 2 amide bonds. The third kappa shape index (κ3) is 3.60. The van der Waals surface area contributed by atoms with Gasteiger partial charge in [-0.25, -0.2) is 0 Å². The zero-order valence-electron chi connectivity index (χ0n) is 12.1. The first-order valence-electron chi connectivity index (χ1n) is 7.20. The van der Waals surface area contributed by atoms with Crippen LogP contribution in [-0.2, 0) is 9.59 Å². The number of carbonyl (C=O) groups is 2. The van der Waals surface area contributed by atoms with Crippen molar-refractivity contribution >= 4 is 17.5 Å². The number of rotatable bonds is 2. The van der Waals surface area contributed by atoms with E-state index >= 15 is 0 Å². The Morgan fingerprint density at radius 3 is 2.57 bits per heavy atom. The standard InChI is InChI=1S/C16H19N3O2/c1-19(13-8-3-2-4-9-13)16(21)15(20)18-14-10-6-5-7-12(14)11-17/h5-7,10,13H,2-4,8-9H2,1H3,(H,18,20). The van der Waals surface area contributed by atoms with Gasteiger partial charge in [-0.15, -0.1) is 0 Å². The van der Waals surface area contributed by atoms with Crippen LogP contribution in [0.3, 0.4) is 0 Å². The van der Waals surface area contributed by atoms with Crippen LogP contribution in [0.15, 0.2) is 24.3 Å². The Morgan fingerprint density at radius 2 is 1.90 bits per heavy atom. The van der Waals surface area contributed by atoms with Crippen molar-refractivity contribution in [1.82, 2.24) is 4.90 Å². The van der Waals surface area contributed by atoms with E-state index in [1.165, 1.54) is 11.3 Å². The number of amides is 2. The minimum Gasteiger partial charge on any atom is -0.335 e. The molecule has 0 aromatic heterocycles. The summed E-state index contributed by atoms with van der Waals surface area (Å²) in [6.07, 6.45) is 5.29. The van der Waals surface area contributed by atoms with Crippen molar-refractivity contribution in [3.05, 3.63) is 29.8 Å². The molecule has 21 heavy (non-hydrogen) atoms. The zero-order valence-corrected chi connectivity index (χ0v) is 12.1. The molecular formula is C16H19N3O2. The molecule has 5 nitrogen and oxygen atoms in total. The lowest BCUT2D eigenvalue weighted by atomic mass is 9.94. The first-order valence-corrected chi connectivity index (χ1v) is 7.20. The minimum absolute atomic E-state index is 0.142. The Morgan fingerprint density at radius 1 is 1.24 bits per heavy atom. The minimum atomic E-state index is -0.689. The topological polar surface area (TPSA) is 73.2 Å². The fourth-order valence-electron chi connectivity index (χ4n) is 2.66. The molecule has 1 aliphatic carbocycles. The van der Waals surface area contributed by atoms with Gasteiger partial charge in [-0.05, 0) is 25.0 Å². The predicted molar refractivity (Wildman–Crippen MR) is 79.4 cm³/mol. The SMILES string of the molecule is CN(C(=O)C(=O)Nc1ccccc1C#N)C1CCCCC1. The number of nitrogens with one attached hydrogen (secondary N) is 1. The van der Waals surface area contributed by atoms with Gasteiger partial charge < -0.3 is 10.2 Å². The van der Waals surface area contributed by atoms with Gasteiger partial charge >= 0.3 is 11.8 Å². The number of hydrogen-bond donors (Lipinski definition) is 1. The van der Waals surface area contributed by atoms with E-state index in [4.69, 9.17) is 5.26 Å². The Labute approximate surface area is 124 Å². The number of para-hydroxylation sites is 1. The van der Waals surface area contributed by atoms with Crippen LogP contribution < -0.4 is 5.32 Å². The Kier molecular flexibility index (Phi) is 4.94. The van der Waals surface area contributed by atoms with Crippen molar-refractivity contribution in [3.8, 4) is 6.07 Å². The van der Waals surface area contributed by atoms with Gasteiger partial charge in [-0.2, -0.15) is 5.26 Å². The number of benzene rings is 1. The molecule has 110 valence electrons. The van der Waals surface area contributed by atoms with Crippen LogP contribution in [0.2, 0.25) is 0 Å². The van der Waals surface area contributed by atoms with E-state index in [0.717, 1.165) is 25.7 Å². The van der Waals surface area contributed by atoms with E-state index in [1.54, 1.807) is 31.3 Å². The van der Waals surface area contributed by atoms with Gasteiger partial charge in [0.1, 0.15) is 6.07 Å². The van der Waals surface area contributed by atoms with Crippen LogP contribution in [0.4, 0.5) is 5.69 Å². The predicted octanol–water partition coefficient (Wildman–Crippen LogP) is 2.29. The molecule has 0 saturated heterocycles. The van der Waals surface area contributed by atoms with Crippen molar-refractivity contribution in [2.24, 2.45) is 0 Å². The van der Waals surface area contributed by atoms with E-state index in [2.05, 4.69) is 5.32 Å². The summed E-state index contributed by atoms with van der Waals surface area (Å²) in [6.45, 7) is 0. The summed E-state index contributed by atoms with van der Waals surface area (Å²) in [4.78, 5) is 25.8. The summed E-state index contributed by atoms with van der Waals surface area (Å²) >= 11 is 0. The summed E-state index contributed by atoms with van der Waals surface area (Å²) in [6, 6.07) is 8.78. The van der Waals surface area contributed by atoms with Crippen LogP contribution in [0.25, 0.3) is 0 Å². The summed E-state index contributed by atoms with van der Waals surface area (Å²) in [5.41, 5.74) is 0.717. The van der Waals surface area contributed by atoms with E-state index in [9.17, 15) is 9.59 Å². The Bertz CT molecular complexity index is 571. The van der Waals surface area contributed by atoms with Crippen LogP contribution in [0.5, 0.6) is 0 Å². The molecule has 2 rings (SSSR count). The smallest absolute Gasteiger partial charge is 0.313 e. The number of anilines is 1. The summed E-state index contributed by atoms with van der Waals surface area (Å²) in [5, 5.41) is 11.5. The van der Waals surface area contributed by atoms with Crippen molar-refractivity contribution in [1.29, 1.82) is 5.26 Å². The third-order valence-corrected chi connectivity index (χ3v) is 3.93. The van der Waals surface area contributed by atoms with E-state index in [0.29, 0.717) is 11.3 Å².